The molecule has 2 N–H and O–H groups in total. The lowest BCUT2D eigenvalue weighted by Gasteiger charge is -2.13. The van der Waals surface area contributed by atoms with Gasteiger partial charge < -0.3 is 15.4 Å². The maximum absolute atomic E-state index is 12.8. The number of carbonyl (C=O) groups is 2. The standard InChI is InChI=1S/C19H24N4O3S/c1-12-10-22-14(11-21-12)17(24)23-19-16(18(25)20-8-5-9-26-2)13-6-3-4-7-15(13)27-19/h10-11H,3-9H2,1-2H3,(H,20,25)(H,23,24). The fraction of sp³-hybridized carbons (Fsp3) is 0.474. The van der Waals surface area contributed by atoms with Gasteiger partial charge >= 0.3 is 0 Å². The van der Waals surface area contributed by atoms with Crippen LogP contribution in [0.3, 0.4) is 0 Å². The lowest BCUT2D eigenvalue weighted by Crippen LogP contribution is -2.27. The molecule has 0 spiro atoms. The number of hydrogen-bond donors (Lipinski definition) is 2. The summed E-state index contributed by atoms with van der Waals surface area (Å²) in [5.74, 6) is -0.495. The summed E-state index contributed by atoms with van der Waals surface area (Å²) in [4.78, 5) is 34.8. The van der Waals surface area contributed by atoms with E-state index in [1.165, 1.54) is 22.4 Å². The first-order valence-electron chi connectivity index (χ1n) is 9.12. The summed E-state index contributed by atoms with van der Waals surface area (Å²) >= 11 is 1.49. The molecule has 2 aromatic rings. The van der Waals surface area contributed by atoms with Gasteiger partial charge in [0.2, 0.25) is 0 Å². The third-order valence-corrected chi connectivity index (χ3v) is 5.66. The molecule has 0 atom stereocenters. The molecule has 7 nitrogen and oxygen atoms in total. The van der Waals surface area contributed by atoms with E-state index in [1.54, 1.807) is 13.3 Å². The van der Waals surface area contributed by atoms with Gasteiger partial charge in [0.15, 0.2) is 0 Å². The Kier molecular flexibility index (Phi) is 6.52. The zero-order chi connectivity index (χ0) is 19.2. The summed E-state index contributed by atoms with van der Waals surface area (Å²) in [6, 6.07) is 0. The van der Waals surface area contributed by atoms with E-state index in [0.29, 0.717) is 23.7 Å². The Morgan fingerprint density at radius 2 is 2.00 bits per heavy atom. The molecular weight excluding hydrogens is 364 g/mol. The van der Waals surface area contributed by atoms with Gasteiger partial charge in [-0.15, -0.1) is 11.3 Å². The van der Waals surface area contributed by atoms with Crippen LogP contribution in [0.2, 0.25) is 0 Å². The SMILES string of the molecule is COCCCNC(=O)c1c(NC(=O)c2cnc(C)cn2)sc2c1CCCC2. The highest BCUT2D eigenvalue weighted by Crippen LogP contribution is 2.38. The Hall–Kier alpha value is -2.32. The van der Waals surface area contributed by atoms with Gasteiger partial charge in [0.05, 0.1) is 17.5 Å². The predicted molar refractivity (Wildman–Crippen MR) is 105 cm³/mol. The van der Waals surface area contributed by atoms with Crippen molar-refractivity contribution in [3.63, 3.8) is 0 Å². The van der Waals surface area contributed by atoms with Crippen LogP contribution in [0.25, 0.3) is 0 Å². The lowest BCUT2D eigenvalue weighted by atomic mass is 9.95. The van der Waals surface area contributed by atoms with Crippen LogP contribution in [0, 0.1) is 6.92 Å². The maximum atomic E-state index is 12.8. The Balaban J connectivity index is 1.81. The first-order chi connectivity index (χ1) is 13.1. The number of hydrogen-bond acceptors (Lipinski definition) is 6. The monoisotopic (exact) mass is 388 g/mol. The minimum atomic E-state index is -0.352. The number of methoxy groups -OCH3 is 1. The van der Waals surface area contributed by atoms with Crippen molar-refractivity contribution >= 4 is 28.2 Å². The average molecular weight is 388 g/mol. The molecule has 0 unspecified atom stereocenters. The first kappa shape index (κ1) is 19.4. The molecule has 2 aromatic heterocycles. The average Bonchev–Trinajstić information content (AvgIpc) is 3.03. The second-order valence-corrected chi connectivity index (χ2v) is 7.62. The molecule has 2 heterocycles. The summed E-state index contributed by atoms with van der Waals surface area (Å²) < 4.78 is 5.02. The highest BCUT2D eigenvalue weighted by molar-refractivity contribution is 7.17. The van der Waals surface area contributed by atoms with E-state index in [-0.39, 0.29) is 17.5 Å². The zero-order valence-corrected chi connectivity index (χ0v) is 16.4. The first-order valence-corrected chi connectivity index (χ1v) is 9.93. The van der Waals surface area contributed by atoms with Gasteiger partial charge in [-0.1, -0.05) is 0 Å². The van der Waals surface area contributed by atoms with Gasteiger partial charge in [0.25, 0.3) is 11.8 Å². The van der Waals surface area contributed by atoms with E-state index in [4.69, 9.17) is 4.74 Å². The number of nitrogens with zero attached hydrogens (tertiary/aromatic N) is 2. The molecule has 0 saturated carbocycles. The maximum Gasteiger partial charge on any atom is 0.276 e. The highest BCUT2D eigenvalue weighted by Gasteiger charge is 2.26. The number of thiophene rings is 1. The molecule has 144 valence electrons. The molecule has 0 aromatic carbocycles. The Bertz CT molecular complexity index is 817. The second kappa shape index (κ2) is 9.05. The van der Waals surface area contributed by atoms with Crippen molar-refractivity contribution < 1.29 is 14.3 Å². The molecule has 0 aliphatic heterocycles. The van der Waals surface area contributed by atoms with Crippen LogP contribution in [0.4, 0.5) is 5.00 Å². The van der Waals surface area contributed by atoms with Crippen LogP contribution < -0.4 is 10.6 Å². The number of fused-ring (bicyclic) bond motifs is 1. The van der Waals surface area contributed by atoms with Crippen LogP contribution in [0.1, 0.15) is 56.2 Å². The van der Waals surface area contributed by atoms with Crippen molar-refractivity contribution in [1.82, 2.24) is 15.3 Å². The lowest BCUT2D eigenvalue weighted by molar-refractivity contribution is 0.0948. The molecule has 8 heteroatoms. The summed E-state index contributed by atoms with van der Waals surface area (Å²) in [6.07, 6.45) is 7.73. The number of amides is 2. The summed E-state index contributed by atoms with van der Waals surface area (Å²) in [6.45, 7) is 2.94. The summed E-state index contributed by atoms with van der Waals surface area (Å²) in [7, 11) is 1.64. The van der Waals surface area contributed by atoms with Crippen molar-refractivity contribution in [2.75, 3.05) is 25.6 Å². The fourth-order valence-corrected chi connectivity index (χ4v) is 4.36. The van der Waals surface area contributed by atoms with Gasteiger partial charge in [-0.3, -0.25) is 14.6 Å². The number of aromatic nitrogens is 2. The van der Waals surface area contributed by atoms with Crippen molar-refractivity contribution in [1.29, 1.82) is 0 Å². The number of anilines is 1. The summed E-state index contributed by atoms with van der Waals surface area (Å²) in [5.41, 5.74) is 2.65. The third kappa shape index (κ3) is 4.70. The molecule has 27 heavy (non-hydrogen) atoms. The van der Waals surface area contributed by atoms with Gasteiger partial charge in [-0.25, -0.2) is 4.98 Å². The quantitative estimate of drug-likeness (QED) is 0.712. The fourth-order valence-electron chi connectivity index (χ4n) is 3.08. The van der Waals surface area contributed by atoms with Crippen molar-refractivity contribution in [2.24, 2.45) is 0 Å². The van der Waals surface area contributed by atoms with Gasteiger partial charge in [-0.2, -0.15) is 0 Å². The largest absolute Gasteiger partial charge is 0.385 e. The third-order valence-electron chi connectivity index (χ3n) is 4.45. The van der Waals surface area contributed by atoms with Gasteiger partial charge in [-0.05, 0) is 44.6 Å². The van der Waals surface area contributed by atoms with E-state index in [2.05, 4.69) is 20.6 Å². The van der Waals surface area contributed by atoms with Crippen LogP contribution in [0.15, 0.2) is 12.4 Å². The van der Waals surface area contributed by atoms with Gasteiger partial charge in [0, 0.05) is 31.3 Å². The molecule has 2 amide bonds. The molecule has 0 saturated heterocycles. The van der Waals surface area contributed by atoms with E-state index < -0.39 is 0 Å². The molecule has 0 bridgehead atoms. The topological polar surface area (TPSA) is 93.2 Å². The van der Waals surface area contributed by atoms with Crippen LogP contribution in [0.5, 0.6) is 0 Å². The molecule has 1 aliphatic carbocycles. The van der Waals surface area contributed by atoms with Crippen molar-refractivity contribution in [3.8, 4) is 0 Å². The van der Waals surface area contributed by atoms with Crippen LogP contribution in [-0.2, 0) is 17.6 Å². The smallest absolute Gasteiger partial charge is 0.276 e. The normalized spacial score (nSPS) is 13.1. The molecule has 1 aliphatic rings. The number of aryl methyl sites for hydroxylation is 2. The Labute approximate surface area is 162 Å². The Morgan fingerprint density at radius 3 is 2.74 bits per heavy atom. The van der Waals surface area contributed by atoms with E-state index in [1.807, 2.05) is 6.92 Å². The van der Waals surface area contributed by atoms with E-state index in [0.717, 1.165) is 43.4 Å². The number of carbonyl (C=O) groups excluding carboxylic acids is 2. The van der Waals surface area contributed by atoms with Crippen LogP contribution in [-0.4, -0.2) is 42.0 Å². The Morgan fingerprint density at radius 1 is 1.19 bits per heavy atom. The minimum absolute atomic E-state index is 0.143. The molecule has 0 radical (unpaired) electrons. The molecular formula is C19H24N4O3S. The number of rotatable bonds is 7. The van der Waals surface area contributed by atoms with Crippen molar-refractivity contribution in [2.45, 2.75) is 39.0 Å². The summed E-state index contributed by atoms with van der Waals surface area (Å²) in [5, 5.41) is 6.41. The highest BCUT2D eigenvalue weighted by atomic mass is 32.1. The zero-order valence-electron chi connectivity index (χ0n) is 15.6. The second-order valence-electron chi connectivity index (χ2n) is 6.51. The number of nitrogens with one attached hydrogen (secondary N) is 2. The minimum Gasteiger partial charge on any atom is -0.385 e. The van der Waals surface area contributed by atoms with E-state index >= 15 is 0 Å². The van der Waals surface area contributed by atoms with Crippen LogP contribution >= 0.6 is 11.3 Å². The number of ether oxygens (including phenoxy) is 1. The predicted octanol–water partition coefficient (Wildman–Crippen LogP) is 2.74. The van der Waals surface area contributed by atoms with Gasteiger partial charge in [0.1, 0.15) is 10.7 Å². The molecule has 3 rings (SSSR count). The van der Waals surface area contributed by atoms with E-state index in [9.17, 15) is 9.59 Å². The van der Waals surface area contributed by atoms with Crippen molar-refractivity contribution in [3.05, 3.63) is 39.8 Å². The molecule has 0 fully saturated rings.